The van der Waals surface area contributed by atoms with E-state index < -0.39 is 6.09 Å². The largest absolute Gasteiger partial charge is 0.465 e. The molecule has 2 aliphatic rings. The lowest BCUT2D eigenvalue weighted by Crippen LogP contribution is -2.37. The fourth-order valence-corrected chi connectivity index (χ4v) is 3.80. The molecule has 4 rings (SSSR count). The van der Waals surface area contributed by atoms with Gasteiger partial charge in [0.2, 0.25) is 5.91 Å². The number of nitrogens with one attached hydrogen (secondary N) is 1. The van der Waals surface area contributed by atoms with Gasteiger partial charge in [0, 0.05) is 36.7 Å². The lowest BCUT2D eigenvalue weighted by molar-refractivity contribution is -0.116. The molecule has 0 aliphatic carbocycles. The highest BCUT2D eigenvalue weighted by Crippen LogP contribution is 2.31. The third-order valence-corrected chi connectivity index (χ3v) is 5.34. The van der Waals surface area contributed by atoms with Gasteiger partial charge in [-0.25, -0.2) is 4.79 Å². The molecule has 25 heavy (non-hydrogen) atoms. The van der Waals surface area contributed by atoms with Gasteiger partial charge in [0.25, 0.3) is 0 Å². The van der Waals surface area contributed by atoms with Gasteiger partial charge in [0.1, 0.15) is 0 Å². The first-order chi connectivity index (χ1) is 12.1. The van der Waals surface area contributed by atoms with Gasteiger partial charge in [-0.1, -0.05) is 5.16 Å². The molecule has 1 fully saturated rings. The van der Waals surface area contributed by atoms with Gasteiger partial charge in [-0.2, -0.15) is 0 Å². The van der Waals surface area contributed by atoms with Crippen LogP contribution in [0.1, 0.15) is 36.9 Å². The molecule has 0 unspecified atom stereocenters. The number of anilines is 1. The van der Waals surface area contributed by atoms with Crippen LogP contribution >= 0.6 is 0 Å². The zero-order valence-electron chi connectivity index (χ0n) is 14.0. The normalized spacial score (nSPS) is 18.2. The molecule has 0 atom stereocenters. The molecule has 1 aromatic carbocycles. The molecule has 7 heteroatoms. The van der Waals surface area contributed by atoms with Crippen molar-refractivity contribution in [2.45, 2.75) is 38.5 Å². The van der Waals surface area contributed by atoms with Crippen molar-refractivity contribution in [2.75, 3.05) is 18.4 Å². The van der Waals surface area contributed by atoms with Crippen molar-refractivity contribution in [3.8, 4) is 0 Å². The Hall–Kier alpha value is -2.57. The van der Waals surface area contributed by atoms with Crippen LogP contribution in [0.25, 0.3) is 11.0 Å². The van der Waals surface area contributed by atoms with Gasteiger partial charge in [0.15, 0.2) is 5.58 Å². The minimum absolute atomic E-state index is 0.0410. The standard InChI is InChI=1S/C18H21N3O4/c22-17-4-2-12-9-13-14(20-25-16(13)10-15(12)19-17)3-1-11-5-7-21(8-6-11)18(23)24/h9-11H,1-8H2,(H,19,22)(H,23,24). The number of carbonyl (C=O) groups is 2. The van der Waals surface area contributed by atoms with E-state index in [2.05, 4.69) is 16.5 Å². The van der Waals surface area contributed by atoms with E-state index in [1.165, 1.54) is 4.90 Å². The lowest BCUT2D eigenvalue weighted by Gasteiger charge is -2.29. The third kappa shape index (κ3) is 3.18. The number of hydrogen-bond donors (Lipinski definition) is 2. The Morgan fingerprint density at radius 3 is 2.88 bits per heavy atom. The summed E-state index contributed by atoms with van der Waals surface area (Å²) in [4.78, 5) is 24.0. The summed E-state index contributed by atoms with van der Waals surface area (Å²) in [6, 6.07) is 3.95. The Morgan fingerprint density at radius 2 is 2.12 bits per heavy atom. The smallest absolute Gasteiger partial charge is 0.407 e. The molecule has 2 N–H and O–H groups in total. The van der Waals surface area contributed by atoms with Crippen LogP contribution < -0.4 is 5.32 Å². The Bertz CT molecular complexity index is 821. The summed E-state index contributed by atoms with van der Waals surface area (Å²) in [6.07, 6.45) is 4.07. The number of amides is 2. The average molecular weight is 343 g/mol. The van der Waals surface area contributed by atoms with Gasteiger partial charge < -0.3 is 19.8 Å². The zero-order valence-corrected chi connectivity index (χ0v) is 14.0. The number of nitrogens with zero attached hydrogens (tertiary/aromatic N) is 2. The Kier molecular flexibility index (Phi) is 4.07. The van der Waals surface area contributed by atoms with E-state index in [-0.39, 0.29) is 5.91 Å². The number of benzene rings is 1. The molecule has 2 aliphatic heterocycles. The molecule has 7 nitrogen and oxygen atoms in total. The van der Waals surface area contributed by atoms with E-state index >= 15 is 0 Å². The van der Waals surface area contributed by atoms with Crippen LogP contribution in [-0.4, -0.2) is 40.3 Å². The van der Waals surface area contributed by atoms with Crippen LogP contribution in [0.2, 0.25) is 0 Å². The van der Waals surface area contributed by atoms with E-state index in [0.29, 0.717) is 31.0 Å². The maximum atomic E-state index is 11.5. The van der Waals surface area contributed by atoms with Crippen LogP contribution in [0.4, 0.5) is 10.5 Å². The van der Waals surface area contributed by atoms with Crippen molar-refractivity contribution in [3.63, 3.8) is 0 Å². The second-order valence-corrected chi connectivity index (χ2v) is 6.93. The molecule has 2 aromatic rings. The first-order valence-corrected chi connectivity index (χ1v) is 8.79. The minimum atomic E-state index is -0.821. The van der Waals surface area contributed by atoms with Crippen LogP contribution in [0.5, 0.6) is 0 Å². The second kappa shape index (κ2) is 6.38. The van der Waals surface area contributed by atoms with Crippen molar-refractivity contribution in [2.24, 2.45) is 5.92 Å². The fraction of sp³-hybridized carbons (Fsp3) is 0.500. The predicted octanol–water partition coefficient (Wildman–Crippen LogP) is 3.04. The van der Waals surface area contributed by atoms with E-state index in [0.717, 1.165) is 54.4 Å². The van der Waals surface area contributed by atoms with Gasteiger partial charge in [0.05, 0.1) is 5.69 Å². The maximum Gasteiger partial charge on any atom is 0.407 e. The van der Waals surface area contributed by atoms with E-state index in [1.807, 2.05) is 6.07 Å². The summed E-state index contributed by atoms with van der Waals surface area (Å²) in [5.74, 6) is 0.568. The molecule has 0 spiro atoms. The molecular formula is C18H21N3O4. The quantitative estimate of drug-likeness (QED) is 0.893. The minimum Gasteiger partial charge on any atom is -0.465 e. The summed E-state index contributed by atoms with van der Waals surface area (Å²) in [5.41, 5.74) is 3.62. The molecular weight excluding hydrogens is 322 g/mol. The highest BCUT2D eigenvalue weighted by Gasteiger charge is 2.23. The Labute approximate surface area is 145 Å². The van der Waals surface area contributed by atoms with Crippen LogP contribution in [0.15, 0.2) is 16.7 Å². The number of fused-ring (bicyclic) bond motifs is 2. The highest BCUT2D eigenvalue weighted by atomic mass is 16.5. The predicted molar refractivity (Wildman–Crippen MR) is 91.6 cm³/mol. The molecule has 132 valence electrons. The number of likely N-dealkylation sites (tertiary alicyclic amines) is 1. The monoisotopic (exact) mass is 343 g/mol. The lowest BCUT2D eigenvalue weighted by atomic mass is 9.91. The van der Waals surface area contributed by atoms with Gasteiger partial charge in [-0.15, -0.1) is 0 Å². The Balaban J connectivity index is 1.44. The summed E-state index contributed by atoms with van der Waals surface area (Å²) < 4.78 is 5.45. The summed E-state index contributed by atoms with van der Waals surface area (Å²) in [5, 5.41) is 17.1. The SMILES string of the molecule is O=C1CCc2cc3c(CCC4CCN(C(=O)O)CC4)noc3cc2N1. The number of carboxylic acid groups (broad SMARTS) is 1. The van der Waals surface area contributed by atoms with Crippen LogP contribution in [-0.2, 0) is 17.6 Å². The number of rotatable bonds is 3. The first-order valence-electron chi connectivity index (χ1n) is 8.79. The topological polar surface area (TPSA) is 95.7 Å². The summed E-state index contributed by atoms with van der Waals surface area (Å²) >= 11 is 0. The molecule has 0 saturated carbocycles. The van der Waals surface area contributed by atoms with Gasteiger partial charge >= 0.3 is 6.09 Å². The molecule has 1 saturated heterocycles. The summed E-state index contributed by atoms with van der Waals surface area (Å²) in [7, 11) is 0. The summed E-state index contributed by atoms with van der Waals surface area (Å²) in [6.45, 7) is 1.24. The second-order valence-electron chi connectivity index (χ2n) is 6.93. The molecule has 3 heterocycles. The number of carbonyl (C=O) groups excluding carboxylic acids is 1. The van der Waals surface area contributed by atoms with Crippen molar-refractivity contribution >= 4 is 28.7 Å². The van der Waals surface area contributed by atoms with Crippen LogP contribution in [0.3, 0.4) is 0 Å². The molecule has 0 bridgehead atoms. The van der Waals surface area contributed by atoms with E-state index in [1.54, 1.807) is 0 Å². The van der Waals surface area contributed by atoms with E-state index in [4.69, 9.17) is 9.63 Å². The first kappa shape index (κ1) is 15.9. The molecule has 1 aromatic heterocycles. The number of piperidine rings is 1. The van der Waals surface area contributed by atoms with Crippen LogP contribution in [0, 0.1) is 5.92 Å². The molecule has 0 radical (unpaired) electrons. The van der Waals surface area contributed by atoms with Crippen molar-refractivity contribution in [3.05, 3.63) is 23.4 Å². The van der Waals surface area contributed by atoms with Crippen molar-refractivity contribution in [1.29, 1.82) is 0 Å². The highest BCUT2D eigenvalue weighted by molar-refractivity contribution is 5.97. The Morgan fingerprint density at radius 1 is 1.32 bits per heavy atom. The van der Waals surface area contributed by atoms with Gasteiger partial charge in [-0.3, -0.25) is 4.79 Å². The number of aromatic nitrogens is 1. The molecule has 2 amide bonds. The van der Waals surface area contributed by atoms with Gasteiger partial charge in [-0.05, 0) is 49.7 Å². The third-order valence-electron chi connectivity index (χ3n) is 5.34. The number of hydrogen-bond acceptors (Lipinski definition) is 4. The van der Waals surface area contributed by atoms with Crippen molar-refractivity contribution < 1.29 is 19.2 Å². The average Bonchev–Trinajstić information content (AvgIpc) is 3.00. The fourth-order valence-electron chi connectivity index (χ4n) is 3.80. The maximum absolute atomic E-state index is 11.5. The zero-order chi connectivity index (χ0) is 17.4. The van der Waals surface area contributed by atoms with Crippen molar-refractivity contribution in [1.82, 2.24) is 10.1 Å². The van der Waals surface area contributed by atoms with E-state index in [9.17, 15) is 9.59 Å². The number of aryl methyl sites for hydroxylation is 2.